The lowest BCUT2D eigenvalue weighted by Gasteiger charge is -2.11. The topological polar surface area (TPSA) is 92.4 Å². The summed E-state index contributed by atoms with van der Waals surface area (Å²) in [5, 5.41) is 11.6. The number of carbonyl (C=O) groups is 2. The average Bonchev–Trinajstić information content (AvgIpc) is 2.38. The Balaban J connectivity index is 2.47. The van der Waals surface area contributed by atoms with Crippen LogP contribution in [-0.4, -0.2) is 23.0 Å². The first-order chi connectivity index (χ1) is 9.88. The standard InChI is InChI=1S/C16H24N2O3/c1-11(10-16(20)21)13-6-8-14(9-7-13)18-15(19)5-3-4-12(2)17/h6-9,11-12H,3-5,10,17H2,1-2H3,(H,18,19)(H,20,21). The van der Waals surface area contributed by atoms with Gasteiger partial charge in [-0.05, 0) is 43.4 Å². The molecule has 0 saturated carbocycles. The van der Waals surface area contributed by atoms with Crippen LogP contribution in [0, 0.1) is 0 Å². The van der Waals surface area contributed by atoms with Gasteiger partial charge in [-0.15, -0.1) is 0 Å². The van der Waals surface area contributed by atoms with Crippen LogP contribution in [0.2, 0.25) is 0 Å². The number of carboxylic acids is 1. The van der Waals surface area contributed by atoms with Gasteiger partial charge < -0.3 is 16.2 Å². The zero-order valence-corrected chi connectivity index (χ0v) is 12.6. The SMILES string of the molecule is CC(N)CCCC(=O)Nc1ccc(C(C)CC(=O)O)cc1. The highest BCUT2D eigenvalue weighted by atomic mass is 16.4. The van der Waals surface area contributed by atoms with Gasteiger partial charge in [0.2, 0.25) is 5.91 Å². The number of amides is 1. The van der Waals surface area contributed by atoms with Crippen molar-refractivity contribution in [1.82, 2.24) is 0 Å². The number of aliphatic carboxylic acids is 1. The van der Waals surface area contributed by atoms with Crippen molar-refractivity contribution in [2.75, 3.05) is 5.32 Å². The number of benzene rings is 1. The molecule has 1 rings (SSSR count). The number of anilines is 1. The zero-order chi connectivity index (χ0) is 15.8. The molecule has 1 aromatic carbocycles. The number of nitrogens with two attached hydrogens (primary N) is 1. The van der Waals surface area contributed by atoms with Gasteiger partial charge in [-0.2, -0.15) is 0 Å². The third kappa shape index (κ3) is 6.90. The number of hydrogen-bond donors (Lipinski definition) is 3. The van der Waals surface area contributed by atoms with E-state index >= 15 is 0 Å². The summed E-state index contributed by atoms with van der Waals surface area (Å²) in [7, 11) is 0. The summed E-state index contributed by atoms with van der Waals surface area (Å²) in [6.07, 6.45) is 2.16. The van der Waals surface area contributed by atoms with Gasteiger partial charge >= 0.3 is 5.97 Å². The number of rotatable bonds is 8. The molecule has 0 aliphatic carbocycles. The molecule has 0 aliphatic heterocycles. The Morgan fingerprint density at radius 2 is 1.86 bits per heavy atom. The first kappa shape index (κ1) is 17.2. The van der Waals surface area contributed by atoms with Crippen LogP contribution >= 0.6 is 0 Å². The Morgan fingerprint density at radius 1 is 1.24 bits per heavy atom. The van der Waals surface area contributed by atoms with Crippen LogP contribution < -0.4 is 11.1 Å². The fourth-order valence-electron chi connectivity index (χ4n) is 2.08. The van der Waals surface area contributed by atoms with E-state index in [1.54, 1.807) is 12.1 Å². The van der Waals surface area contributed by atoms with Crippen molar-refractivity contribution in [2.24, 2.45) is 5.73 Å². The second-order valence-corrected chi connectivity index (χ2v) is 5.54. The van der Waals surface area contributed by atoms with Gasteiger partial charge in [0.25, 0.3) is 0 Å². The van der Waals surface area contributed by atoms with Crippen molar-refractivity contribution in [2.45, 2.75) is 51.5 Å². The Kier molecular flexibility index (Phi) is 6.88. The molecule has 0 aliphatic rings. The molecule has 0 saturated heterocycles. The summed E-state index contributed by atoms with van der Waals surface area (Å²) < 4.78 is 0. The zero-order valence-electron chi connectivity index (χ0n) is 12.6. The number of carboxylic acid groups (broad SMARTS) is 1. The molecule has 0 aromatic heterocycles. The van der Waals surface area contributed by atoms with E-state index in [-0.39, 0.29) is 24.3 Å². The van der Waals surface area contributed by atoms with Crippen LogP contribution in [0.3, 0.4) is 0 Å². The molecule has 5 heteroatoms. The summed E-state index contributed by atoms with van der Waals surface area (Å²) in [6.45, 7) is 3.80. The van der Waals surface area contributed by atoms with E-state index in [4.69, 9.17) is 10.8 Å². The Labute approximate surface area is 125 Å². The lowest BCUT2D eigenvalue weighted by Crippen LogP contribution is -2.16. The molecule has 0 spiro atoms. The van der Waals surface area contributed by atoms with Gasteiger partial charge in [0, 0.05) is 18.2 Å². The molecule has 116 valence electrons. The first-order valence-corrected chi connectivity index (χ1v) is 7.25. The molecule has 0 bridgehead atoms. The monoisotopic (exact) mass is 292 g/mol. The van der Waals surface area contributed by atoms with Gasteiger partial charge in [-0.1, -0.05) is 19.1 Å². The van der Waals surface area contributed by atoms with E-state index in [2.05, 4.69) is 5.32 Å². The molecular weight excluding hydrogens is 268 g/mol. The van der Waals surface area contributed by atoms with E-state index in [0.717, 1.165) is 24.1 Å². The summed E-state index contributed by atoms with van der Waals surface area (Å²) >= 11 is 0. The smallest absolute Gasteiger partial charge is 0.303 e. The molecule has 0 radical (unpaired) electrons. The highest BCUT2D eigenvalue weighted by molar-refractivity contribution is 5.90. The maximum absolute atomic E-state index is 11.7. The normalized spacial score (nSPS) is 13.5. The maximum atomic E-state index is 11.7. The lowest BCUT2D eigenvalue weighted by atomic mass is 9.98. The molecule has 2 unspecified atom stereocenters. The number of nitrogens with one attached hydrogen (secondary N) is 1. The minimum atomic E-state index is -0.811. The van der Waals surface area contributed by atoms with Crippen molar-refractivity contribution in [3.63, 3.8) is 0 Å². The van der Waals surface area contributed by atoms with E-state index in [9.17, 15) is 9.59 Å². The van der Waals surface area contributed by atoms with Gasteiger partial charge in [-0.25, -0.2) is 0 Å². The summed E-state index contributed by atoms with van der Waals surface area (Å²) in [5.41, 5.74) is 7.32. The fourth-order valence-corrected chi connectivity index (χ4v) is 2.08. The van der Waals surface area contributed by atoms with Gasteiger partial charge in [-0.3, -0.25) is 9.59 Å². The van der Waals surface area contributed by atoms with Gasteiger partial charge in [0.1, 0.15) is 0 Å². The fraction of sp³-hybridized carbons (Fsp3) is 0.500. The van der Waals surface area contributed by atoms with Crippen LogP contribution in [-0.2, 0) is 9.59 Å². The van der Waals surface area contributed by atoms with Crippen molar-refractivity contribution in [3.05, 3.63) is 29.8 Å². The molecule has 0 heterocycles. The predicted octanol–water partition coefficient (Wildman–Crippen LogP) is 2.72. The van der Waals surface area contributed by atoms with Gasteiger partial charge in [0.05, 0.1) is 6.42 Å². The van der Waals surface area contributed by atoms with Crippen LogP contribution in [0.25, 0.3) is 0 Å². The molecule has 21 heavy (non-hydrogen) atoms. The van der Waals surface area contributed by atoms with Crippen molar-refractivity contribution in [1.29, 1.82) is 0 Å². The molecule has 1 amide bonds. The third-order valence-corrected chi connectivity index (χ3v) is 3.31. The second kappa shape index (κ2) is 8.42. The van der Waals surface area contributed by atoms with Crippen LogP contribution in [0.5, 0.6) is 0 Å². The highest BCUT2D eigenvalue weighted by Gasteiger charge is 2.10. The van der Waals surface area contributed by atoms with Crippen LogP contribution in [0.4, 0.5) is 5.69 Å². The van der Waals surface area contributed by atoms with Crippen molar-refractivity contribution in [3.8, 4) is 0 Å². The lowest BCUT2D eigenvalue weighted by molar-refractivity contribution is -0.137. The summed E-state index contributed by atoms with van der Waals surface area (Å²) in [6, 6.07) is 7.43. The Morgan fingerprint density at radius 3 is 2.38 bits per heavy atom. The predicted molar refractivity (Wildman–Crippen MR) is 83.2 cm³/mol. The van der Waals surface area contributed by atoms with E-state index in [1.165, 1.54) is 0 Å². The maximum Gasteiger partial charge on any atom is 0.303 e. The van der Waals surface area contributed by atoms with Crippen LogP contribution in [0.15, 0.2) is 24.3 Å². The molecule has 0 fully saturated rings. The molecular formula is C16H24N2O3. The van der Waals surface area contributed by atoms with Crippen molar-refractivity contribution >= 4 is 17.6 Å². The summed E-state index contributed by atoms with van der Waals surface area (Å²) in [4.78, 5) is 22.4. The van der Waals surface area contributed by atoms with E-state index in [0.29, 0.717) is 6.42 Å². The molecule has 4 N–H and O–H groups in total. The van der Waals surface area contributed by atoms with Gasteiger partial charge in [0.15, 0.2) is 0 Å². The number of hydrogen-bond acceptors (Lipinski definition) is 3. The van der Waals surface area contributed by atoms with Crippen LogP contribution in [0.1, 0.15) is 51.0 Å². The van der Waals surface area contributed by atoms with E-state index < -0.39 is 5.97 Å². The largest absolute Gasteiger partial charge is 0.481 e. The average molecular weight is 292 g/mol. The third-order valence-electron chi connectivity index (χ3n) is 3.31. The first-order valence-electron chi connectivity index (χ1n) is 7.25. The second-order valence-electron chi connectivity index (χ2n) is 5.54. The molecule has 5 nitrogen and oxygen atoms in total. The van der Waals surface area contributed by atoms with Crippen molar-refractivity contribution < 1.29 is 14.7 Å². The van der Waals surface area contributed by atoms with E-state index in [1.807, 2.05) is 26.0 Å². The minimum absolute atomic E-state index is 0.0259. The number of carbonyl (C=O) groups excluding carboxylic acids is 1. The summed E-state index contributed by atoms with van der Waals surface area (Å²) in [5.74, 6) is -0.880. The Bertz CT molecular complexity index is 469. The molecule has 2 atom stereocenters. The Hall–Kier alpha value is -1.88. The highest BCUT2D eigenvalue weighted by Crippen LogP contribution is 2.21. The molecule has 1 aromatic rings. The quantitative estimate of drug-likeness (QED) is 0.687. The minimum Gasteiger partial charge on any atom is -0.481 e.